The van der Waals surface area contributed by atoms with Crippen LogP contribution in [0.4, 0.5) is 0 Å². The van der Waals surface area contributed by atoms with E-state index in [1.165, 1.54) is 12.8 Å². The Morgan fingerprint density at radius 2 is 2.44 bits per heavy atom. The van der Waals surface area contributed by atoms with Gasteiger partial charge >= 0.3 is 0 Å². The predicted molar refractivity (Wildman–Crippen MR) is 63.2 cm³/mol. The van der Waals surface area contributed by atoms with E-state index in [0.29, 0.717) is 24.6 Å². The lowest BCUT2D eigenvalue weighted by atomic mass is 10.0. The molecule has 1 aliphatic rings. The van der Waals surface area contributed by atoms with Crippen molar-refractivity contribution in [3.05, 3.63) is 24.2 Å². The van der Waals surface area contributed by atoms with Gasteiger partial charge in [-0.05, 0) is 37.8 Å². The van der Waals surface area contributed by atoms with Gasteiger partial charge in [0.1, 0.15) is 5.76 Å². The van der Waals surface area contributed by atoms with Crippen LogP contribution in [0, 0.1) is 5.92 Å². The third-order valence-electron chi connectivity index (χ3n) is 3.48. The van der Waals surface area contributed by atoms with E-state index in [-0.39, 0.29) is 0 Å². The summed E-state index contributed by atoms with van der Waals surface area (Å²) in [6.07, 6.45) is 6.21. The van der Waals surface area contributed by atoms with Crippen LogP contribution < -0.4 is 5.32 Å². The summed E-state index contributed by atoms with van der Waals surface area (Å²) in [6, 6.07) is 4.82. The molecule has 0 aliphatic heterocycles. The van der Waals surface area contributed by atoms with E-state index in [1.54, 1.807) is 6.26 Å². The van der Waals surface area contributed by atoms with Gasteiger partial charge in [-0.25, -0.2) is 0 Å². The molecule has 0 radical (unpaired) electrons. The molecule has 1 aliphatic carbocycles. The molecular weight excluding hydrogens is 202 g/mol. The number of rotatable bonds is 5. The summed E-state index contributed by atoms with van der Waals surface area (Å²) in [5.41, 5.74) is 0. The van der Waals surface area contributed by atoms with E-state index in [2.05, 4.69) is 12.2 Å². The first-order chi connectivity index (χ1) is 7.79. The first kappa shape index (κ1) is 11.7. The number of hydrogen-bond donors (Lipinski definition) is 2. The number of aliphatic hydroxyl groups excluding tert-OH is 1. The summed E-state index contributed by atoms with van der Waals surface area (Å²) in [4.78, 5) is 0. The topological polar surface area (TPSA) is 45.4 Å². The molecule has 2 rings (SSSR count). The maximum absolute atomic E-state index is 9.25. The van der Waals surface area contributed by atoms with Crippen LogP contribution in [-0.2, 0) is 6.42 Å². The molecule has 1 saturated carbocycles. The maximum atomic E-state index is 9.25. The molecule has 1 aromatic rings. The lowest BCUT2D eigenvalue weighted by Gasteiger charge is -2.23. The van der Waals surface area contributed by atoms with Crippen molar-refractivity contribution < 1.29 is 9.52 Å². The highest BCUT2D eigenvalue weighted by molar-refractivity contribution is 5.00. The van der Waals surface area contributed by atoms with Crippen molar-refractivity contribution in [1.82, 2.24) is 5.32 Å². The van der Waals surface area contributed by atoms with Crippen LogP contribution in [0.1, 0.15) is 31.9 Å². The first-order valence-electron chi connectivity index (χ1n) is 6.19. The Kier molecular flexibility index (Phi) is 4.02. The highest BCUT2D eigenvalue weighted by Gasteiger charge is 2.27. The van der Waals surface area contributed by atoms with Gasteiger partial charge in [-0.1, -0.05) is 6.42 Å². The average molecular weight is 223 g/mol. The minimum absolute atomic E-state index is 0.311. The zero-order valence-corrected chi connectivity index (χ0v) is 9.86. The highest BCUT2D eigenvalue weighted by Crippen LogP contribution is 2.25. The molecule has 3 nitrogen and oxygen atoms in total. The van der Waals surface area contributed by atoms with Gasteiger partial charge < -0.3 is 14.8 Å². The number of hydrogen-bond acceptors (Lipinski definition) is 3. The van der Waals surface area contributed by atoms with E-state index < -0.39 is 0 Å². The van der Waals surface area contributed by atoms with Gasteiger partial charge in [0.25, 0.3) is 0 Å². The fraction of sp³-hybridized carbons (Fsp3) is 0.692. The monoisotopic (exact) mass is 223 g/mol. The molecule has 2 N–H and O–H groups in total. The van der Waals surface area contributed by atoms with Crippen LogP contribution in [0.5, 0.6) is 0 Å². The number of aliphatic hydroxyl groups is 1. The lowest BCUT2D eigenvalue weighted by molar-refractivity contribution is 0.200. The van der Waals surface area contributed by atoms with Crippen molar-refractivity contribution in [2.75, 3.05) is 6.61 Å². The zero-order chi connectivity index (χ0) is 11.4. The van der Waals surface area contributed by atoms with Crippen LogP contribution >= 0.6 is 0 Å². The van der Waals surface area contributed by atoms with Gasteiger partial charge in [-0.15, -0.1) is 0 Å². The van der Waals surface area contributed by atoms with Crippen LogP contribution in [0.2, 0.25) is 0 Å². The molecule has 0 spiro atoms. The molecule has 0 saturated heterocycles. The first-order valence-corrected chi connectivity index (χ1v) is 6.19. The quantitative estimate of drug-likeness (QED) is 0.802. The third-order valence-corrected chi connectivity index (χ3v) is 3.48. The van der Waals surface area contributed by atoms with Gasteiger partial charge in [-0.3, -0.25) is 0 Å². The largest absolute Gasteiger partial charge is 0.469 e. The van der Waals surface area contributed by atoms with E-state index in [0.717, 1.165) is 18.6 Å². The Hall–Kier alpha value is -0.800. The van der Waals surface area contributed by atoms with Crippen molar-refractivity contribution in [3.8, 4) is 0 Å². The molecule has 0 amide bonds. The second-order valence-electron chi connectivity index (χ2n) is 4.83. The smallest absolute Gasteiger partial charge is 0.105 e. The molecule has 90 valence electrons. The highest BCUT2D eigenvalue weighted by atomic mass is 16.3. The number of nitrogens with one attached hydrogen (secondary N) is 1. The van der Waals surface area contributed by atoms with Crippen LogP contribution in [0.15, 0.2) is 22.8 Å². The fourth-order valence-electron chi connectivity index (χ4n) is 2.63. The van der Waals surface area contributed by atoms with E-state index in [9.17, 15) is 5.11 Å². The summed E-state index contributed by atoms with van der Waals surface area (Å²) < 4.78 is 5.33. The molecule has 1 heterocycles. The average Bonchev–Trinajstić information content (AvgIpc) is 2.88. The van der Waals surface area contributed by atoms with E-state index >= 15 is 0 Å². The van der Waals surface area contributed by atoms with Crippen LogP contribution in [0.25, 0.3) is 0 Å². The Morgan fingerprint density at radius 3 is 3.12 bits per heavy atom. The molecule has 0 aromatic carbocycles. The third kappa shape index (κ3) is 2.86. The second kappa shape index (κ2) is 5.51. The zero-order valence-electron chi connectivity index (χ0n) is 9.86. The molecule has 1 fully saturated rings. The molecule has 1 aromatic heterocycles. The van der Waals surface area contributed by atoms with Gasteiger partial charge in [0.15, 0.2) is 0 Å². The summed E-state index contributed by atoms with van der Waals surface area (Å²) in [5, 5.41) is 12.8. The van der Waals surface area contributed by atoms with Crippen molar-refractivity contribution in [2.45, 2.75) is 44.7 Å². The van der Waals surface area contributed by atoms with Gasteiger partial charge in [0.05, 0.1) is 6.26 Å². The standard InChI is InChI=1S/C13H21NO2/c1-10(8-12-5-3-7-16-12)14-13-6-2-4-11(13)9-15/h3,5,7,10-11,13-15H,2,4,6,8-9H2,1H3. The van der Waals surface area contributed by atoms with Gasteiger partial charge in [0.2, 0.25) is 0 Å². The molecule has 3 heteroatoms. The number of furan rings is 1. The lowest BCUT2D eigenvalue weighted by Crippen LogP contribution is -2.40. The Bertz CT molecular complexity index is 297. The van der Waals surface area contributed by atoms with E-state index in [4.69, 9.17) is 4.42 Å². The molecule has 3 atom stereocenters. The Balaban J connectivity index is 1.80. The summed E-state index contributed by atoms with van der Waals surface area (Å²) in [5.74, 6) is 1.47. The maximum Gasteiger partial charge on any atom is 0.105 e. The summed E-state index contributed by atoms with van der Waals surface area (Å²) in [7, 11) is 0. The van der Waals surface area contributed by atoms with Crippen molar-refractivity contribution in [2.24, 2.45) is 5.92 Å². The van der Waals surface area contributed by atoms with Gasteiger partial charge in [0, 0.05) is 25.1 Å². The summed E-state index contributed by atoms with van der Waals surface area (Å²) >= 11 is 0. The normalized spacial score (nSPS) is 27.1. The fourth-order valence-corrected chi connectivity index (χ4v) is 2.63. The van der Waals surface area contributed by atoms with Crippen LogP contribution in [0.3, 0.4) is 0 Å². The van der Waals surface area contributed by atoms with Gasteiger partial charge in [-0.2, -0.15) is 0 Å². The minimum atomic E-state index is 0.311. The van der Waals surface area contributed by atoms with Crippen molar-refractivity contribution in [1.29, 1.82) is 0 Å². The van der Waals surface area contributed by atoms with Crippen LogP contribution in [-0.4, -0.2) is 23.8 Å². The SMILES string of the molecule is CC(Cc1ccco1)NC1CCCC1CO. The minimum Gasteiger partial charge on any atom is -0.469 e. The van der Waals surface area contributed by atoms with E-state index in [1.807, 2.05) is 12.1 Å². The van der Waals surface area contributed by atoms with Crippen molar-refractivity contribution >= 4 is 0 Å². The molecule has 0 bridgehead atoms. The molecule has 3 unspecified atom stereocenters. The predicted octanol–water partition coefficient (Wildman–Crippen LogP) is 1.96. The molecular formula is C13H21NO2. The Labute approximate surface area is 96.8 Å². The molecule has 16 heavy (non-hydrogen) atoms. The summed E-state index contributed by atoms with van der Waals surface area (Å²) in [6.45, 7) is 2.49. The Morgan fingerprint density at radius 1 is 1.56 bits per heavy atom. The second-order valence-corrected chi connectivity index (χ2v) is 4.83. The van der Waals surface area contributed by atoms with Crippen molar-refractivity contribution in [3.63, 3.8) is 0 Å².